The molecule has 1 N–H and O–H groups in total. The Bertz CT molecular complexity index is 1360. The van der Waals surface area contributed by atoms with E-state index in [4.69, 9.17) is 4.74 Å². The number of amides is 1. The van der Waals surface area contributed by atoms with Gasteiger partial charge in [0.2, 0.25) is 0 Å². The van der Waals surface area contributed by atoms with E-state index in [0.717, 1.165) is 22.3 Å². The first kappa shape index (κ1) is 23.2. The molecular weight excluding hydrogens is 433 g/mol. The van der Waals surface area contributed by atoms with Crippen molar-refractivity contribution < 1.29 is 23.8 Å². The van der Waals surface area contributed by atoms with Crippen LogP contribution in [0.2, 0.25) is 0 Å². The zero-order valence-electron chi connectivity index (χ0n) is 19.8. The van der Waals surface area contributed by atoms with E-state index in [1.807, 2.05) is 39.8 Å². The third-order valence-electron chi connectivity index (χ3n) is 6.29. The highest BCUT2D eigenvalue weighted by Crippen LogP contribution is 2.44. The largest absolute Gasteiger partial charge is 0.507 e. The van der Waals surface area contributed by atoms with E-state index in [0.29, 0.717) is 11.4 Å². The minimum Gasteiger partial charge on any atom is -0.507 e. The number of rotatable bonds is 4. The molecule has 3 aromatic carbocycles. The Morgan fingerprint density at radius 3 is 2.29 bits per heavy atom. The van der Waals surface area contributed by atoms with Crippen molar-refractivity contribution in [1.29, 1.82) is 0 Å². The summed E-state index contributed by atoms with van der Waals surface area (Å²) in [6.07, 6.45) is 0. The first-order valence-electron chi connectivity index (χ1n) is 10.9. The van der Waals surface area contributed by atoms with Crippen molar-refractivity contribution in [2.24, 2.45) is 0 Å². The van der Waals surface area contributed by atoms with Crippen LogP contribution < -0.4 is 9.64 Å². The maximum Gasteiger partial charge on any atom is 0.300 e. The number of hydrogen-bond acceptors (Lipinski definition) is 4. The molecule has 0 bridgehead atoms. The van der Waals surface area contributed by atoms with Crippen molar-refractivity contribution in [3.8, 4) is 5.75 Å². The van der Waals surface area contributed by atoms with Crippen LogP contribution in [-0.2, 0) is 9.59 Å². The Kier molecular flexibility index (Phi) is 6.00. The zero-order chi connectivity index (χ0) is 24.7. The molecule has 5 nitrogen and oxygen atoms in total. The van der Waals surface area contributed by atoms with Crippen LogP contribution >= 0.6 is 0 Å². The Hall–Kier alpha value is -3.93. The van der Waals surface area contributed by atoms with E-state index in [-0.39, 0.29) is 16.7 Å². The molecule has 0 radical (unpaired) electrons. The van der Waals surface area contributed by atoms with Gasteiger partial charge in [-0.1, -0.05) is 30.3 Å². The minimum atomic E-state index is -1.14. The number of aliphatic hydroxyl groups is 1. The molecule has 0 spiro atoms. The fourth-order valence-electron chi connectivity index (χ4n) is 4.51. The molecule has 1 aliphatic rings. The summed E-state index contributed by atoms with van der Waals surface area (Å²) in [6.45, 7) is 7.51. The molecule has 0 aromatic heterocycles. The third kappa shape index (κ3) is 3.75. The van der Waals surface area contributed by atoms with Gasteiger partial charge in [0.25, 0.3) is 11.7 Å². The fraction of sp³-hybridized carbons (Fsp3) is 0.214. The van der Waals surface area contributed by atoms with Gasteiger partial charge in [-0.15, -0.1) is 0 Å². The lowest BCUT2D eigenvalue weighted by atomic mass is 9.93. The first-order valence-corrected chi connectivity index (χ1v) is 10.9. The number of aliphatic hydroxyl groups excluding tert-OH is 1. The zero-order valence-corrected chi connectivity index (χ0v) is 19.8. The van der Waals surface area contributed by atoms with Gasteiger partial charge >= 0.3 is 0 Å². The number of carbonyl (C=O) groups is 2. The summed E-state index contributed by atoms with van der Waals surface area (Å²) in [5.41, 5.74) is 4.19. The second-order valence-corrected chi connectivity index (χ2v) is 8.62. The molecule has 3 aromatic rings. The summed E-state index contributed by atoms with van der Waals surface area (Å²) in [5, 5.41) is 11.4. The van der Waals surface area contributed by atoms with Crippen molar-refractivity contribution in [1.82, 2.24) is 0 Å². The van der Waals surface area contributed by atoms with Crippen LogP contribution in [0, 0.1) is 33.5 Å². The van der Waals surface area contributed by atoms with Crippen molar-refractivity contribution >= 4 is 23.1 Å². The quantitative estimate of drug-likeness (QED) is 0.309. The standard InChI is InChI=1S/C28H26FNO4/c1-15-12-18(4)27(34-5)21(13-15)25(31)23-24(20-8-6-7-9-22(20)29)30(28(33)26(23)32)19-11-10-16(2)17(3)14-19/h6-14,24,31H,1-5H3/b25-23+. The van der Waals surface area contributed by atoms with E-state index in [2.05, 4.69) is 0 Å². The van der Waals surface area contributed by atoms with E-state index in [1.165, 1.54) is 30.2 Å². The van der Waals surface area contributed by atoms with Crippen LogP contribution in [0.15, 0.2) is 60.2 Å². The maximum absolute atomic E-state index is 15.1. The van der Waals surface area contributed by atoms with E-state index >= 15 is 4.39 Å². The van der Waals surface area contributed by atoms with Crippen LogP contribution in [0.3, 0.4) is 0 Å². The Morgan fingerprint density at radius 2 is 1.65 bits per heavy atom. The highest BCUT2D eigenvalue weighted by molar-refractivity contribution is 6.51. The van der Waals surface area contributed by atoms with Crippen molar-refractivity contribution in [2.45, 2.75) is 33.7 Å². The number of halogens is 1. The third-order valence-corrected chi connectivity index (χ3v) is 6.29. The minimum absolute atomic E-state index is 0.116. The smallest absolute Gasteiger partial charge is 0.300 e. The molecule has 1 amide bonds. The van der Waals surface area contributed by atoms with Crippen LogP contribution in [0.25, 0.3) is 5.76 Å². The number of aryl methyl sites for hydroxylation is 4. The number of hydrogen-bond donors (Lipinski definition) is 1. The summed E-state index contributed by atoms with van der Waals surface area (Å²) in [5.74, 6) is -2.32. The summed E-state index contributed by atoms with van der Waals surface area (Å²) in [6, 6.07) is 13.7. The van der Waals surface area contributed by atoms with Gasteiger partial charge in [-0.2, -0.15) is 0 Å². The molecule has 4 rings (SSSR count). The predicted octanol–water partition coefficient (Wildman–Crippen LogP) is 5.69. The van der Waals surface area contributed by atoms with E-state index < -0.39 is 29.3 Å². The van der Waals surface area contributed by atoms with Gasteiger partial charge in [-0.05, 0) is 74.2 Å². The normalized spacial score (nSPS) is 17.4. The number of carbonyl (C=O) groups excluding carboxylic acids is 2. The molecule has 34 heavy (non-hydrogen) atoms. The second kappa shape index (κ2) is 8.78. The van der Waals surface area contributed by atoms with Gasteiger partial charge in [-0.3, -0.25) is 14.5 Å². The fourth-order valence-corrected chi connectivity index (χ4v) is 4.51. The first-order chi connectivity index (χ1) is 16.1. The van der Waals surface area contributed by atoms with Gasteiger partial charge in [0.05, 0.1) is 24.3 Å². The molecule has 1 fully saturated rings. The van der Waals surface area contributed by atoms with Crippen molar-refractivity contribution in [2.75, 3.05) is 12.0 Å². The van der Waals surface area contributed by atoms with Gasteiger partial charge in [0, 0.05) is 11.3 Å². The molecule has 0 saturated carbocycles. The topological polar surface area (TPSA) is 66.8 Å². The number of benzene rings is 3. The molecule has 1 unspecified atom stereocenters. The SMILES string of the molecule is COc1c(C)cc(C)cc1/C(O)=C1\C(=O)C(=O)N(c2ccc(C)c(C)c2)C1c1ccccc1F. The molecule has 0 aliphatic carbocycles. The number of Topliss-reactive ketones (excluding diaryl/α,β-unsaturated/α-hetero) is 1. The lowest BCUT2D eigenvalue weighted by Gasteiger charge is -2.26. The average molecular weight is 460 g/mol. The summed E-state index contributed by atoms with van der Waals surface area (Å²) in [4.78, 5) is 27.9. The van der Waals surface area contributed by atoms with Crippen molar-refractivity contribution in [3.63, 3.8) is 0 Å². The predicted molar refractivity (Wildman–Crippen MR) is 130 cm³/mol. The Balaban J connectivity index is 2.04. The number of ketones is 1. The van der Waals surface area contributed by atoms with Crippen LogP contribution in [0.5, 0.6) is 5.75 Å². The molecule has 1 saturated heterocycles. The summed E-state index contributed by atoms with van der Waals surface area (Å²) >= 11 is 0. The Labute approximate surface area is 198 Å². The van der Waals surface area contributed by atoms with E-state index in [9.17, 15) is 14.7 Å². The molecule has 174 valence electrons. The van der Waals surface area contributed by atoms with Gasteiger partial charge in [0.1, 0.15) is 17.3 Å². The lowest BCUT2D eigenvalue weighted by molar-refractivity contribution is -0.132. The average Bonchev–Trinajstić information content (AvgIpc) is 3.05. The molecule has 1 heterocycles. The van der Waals surface area contributed by atoms with Gasteiger partial charge in [-0.25, -0.2) is 4.39 Å². The highest BCUT2D eigenvalue weighted by atomic mass is 19.1. The van der Waals surface area contributed by atoms with Crippen LogP contribution in [0.1, 0.15) is 39.4 Å². The van der Waals surface area contributed by atoms with Crippen LogP contribution in [0.4, 0.5) is 10.1 Å². The van der Waals surface area contributed by atoms with Gasteiger partial charge < -0.3 is 9.84 Å². The molecule has 1 atom stereocenters. The molecule has 6 heteroatoms. The van der Waals surface area contributed by atoms with Crippen LogP contribution in [-0.4, -0.2) is 23.9 Å². The second-order valence-electron chi connectivity index (χ2n) is 8.62. The summed E-state index contributed by atoms with van der Waals surface area (Å²) in [7, 11) is 1.47. The number of anilines is 1. The summed E-state index contributed by atoms with van der Waals surface area (Å²) < 4.78 is 20.6. The molecule has 1 aliphatic heterocycles. The van der Waals surface area contributed by atoms with E-state index in [1.54, 1.807) is 24.3 Å². The van der Waals surface area contributed by atoms with Crippen molar-refractivity contribution in [3.05, 3.63) is 99.4 Å². The highest BCUT2D eigenvalue weighted by Gasteiger charge is 2.48. The Morgan fingerprint density at radius 1 is 0.941 bits per heavy atom. The monoisotopic (exact) mass is 459 g/mol. The lowest BCUT2D eigenvalue weighted by Crippen LogP contribution is -2.30. The number of nitrogens with zero attached hydrogens (tertiary/aromatic N) is 1. The maximum atomic E-state index is 15.1. The molecular formula is C28H26FNO4. The van der Waals surface area contributed by atoms with Gasteiger partial charge in [0.15, 0.2) is 0 Å². The number of methoxy groups -OCH3 is 1. The number of ether oxygens (including phenoxy) is 1.